The van der Waals surface area contributed by atoms with Crippen LogP contribution < -0.4 is 5.32 Å². The highest BCUT2D eigenvalue weighted by atomic mass is 15.2. The Bertz CT molecular complexity index is 1640. The number of nitrogens with one attached hydrogen (secondary N) is 2. The fourth-order valence-corrected chi connectivity index (χ4v) is 5.41. The van der Waals surface area contributed by atoms with Crippen molar-refractivity contribution in [2.45, 2.75) is 5.54 Å². The highest BCUT2D eigenvalue weighted by molar-refractivity contribution is 6.15. The van der Waals surface area contributed by atoms with E-state index in [0.29, 0.717) is 0 Å². The third-order valence-corrected chi connectivity index (χ3v) is 7.20. The molecule has 2 nitrogen and oxygen atoms in total. The number of aromatic amines is 1. The summed E-state index contributed by atoms with van der Waals surface area (Å²) in [6, 6.07) is 43.6. The Kier molecular flexibility index (Phi) is 4.23. The van der Waals surface area contributed by atoms with Gasteiger partial charge < -0.3 is 10.3 Å². The van der Waals surface area contributed by atoms with Gasteiger partial charge in [0.05, 0.1) is 11.1 Å². The lowest BCUT2D eigenvalue weighted by Crippen LogP contribution is -2.15. The molecule has 0 spiro atoms. The second-order valence-corrected chi connectivity index (χ2v) is 9.15. The van der Waals surface area contributed by atoms with Gasteiger partial charge in [0.1, 0.15) is 0 Å². The van der Waals surface area contributed by atoms with Crippen LogP contribution in [0.25, 0.3) is 44.1 Å². The average Bonchev–Trinajstić information content (AvgIpc) is 3.63. The number of fused-ring (bicyclic) bond motifs is 3. The third kappa shape index (κ3) is 2.93. The Hall–Kier alpha value is -4.14. The van der Waals surface area contributed by atoms with Gasteiger partial charge in [-0.15, -0.1) is 0 Å². The van der Waals surface area contributed by atoms with Gasteiger partial charge in [0.15, 0.2) is 0 Å². The molecule has 2 heteroatoms. The fraction of sp³-hybridized carbons (Fsp3) is 0.0625. The van der Waals surface area contributed by atoms with Crippen LogP contribution in [0.15, 0.2) is 121 Å². The predicted octanol–water partition coefficient (Wildman–Crippen LogP) is 7.50. The average molecular weight is 437 g/mol. The zero-order chi connectivity index (χ0) is 22.5. The molecule has 2 N–H and O–H groups in total. The smallest absolute Gasteiger partial charge is 0.0838 e. The van der Waals surface area contributed by atoms with Gasteiger partial charge in [0.2, 0.25) is 0 Å². The topological polar surface area (TPSA) is 37.7 Å². The molecule has 1 saturated heterocycles. The van der Waals surface area contributed by atoms with Crippen LogP contribution in [0.1, 0.15) is 11.1 Å². The van der Waals surface area contributed by atoms with Crippen LogP contribution in [0.4, 0.5) is 0 Å². The highest BCUT2D eigenvalue weighted by Crippen LogP contribution is 2.45. The van der Waals surface area contributed by atoms with Gasteiger partial charge in [-0.25, -0.2) is 0 Å². The maximum atomic E-state index is 3.78. The number of H-pyrrole nitrogens is 1. The number of aromatic nitrogens is 1. The molecule has 1 aromatic heterocycles. The summed E-state index contributed by atoms with van der Waals surface area (Å²) < 4.78 is 0. The molecule has 34 heavy (non-hydrogen) atoms. The number of hydrogen-bond acceptors (Lipinski definition) is 1. The van der Waals surface area contributed by atoms with E-state index < -0.39 is 0 Å². The summed E-state index contributed by atoms with van der Waals surface area (Å²) in [5.74, 6) is 0. The van der Waals surface area contributed by atoms with Crippen LogP contribution in [0.5, 0.6) is 0 Å². The monoisotopic (exact) mass is 436 g/mol. The Morgan fingerprint density at radius 3 is 2.06 bits per heavy atom. The molecular formula is C32H24N2. The lowest BCUT2D eigenvalue weighted by atomic mass is 9.87. The summed E-state index contributed by atoms with van der Waals surface area (Å²) in [7, 11) is 0. The molecule has 1 aliphatic heterocycles. The van der Waals surface area contributed by atoms with E-state index in [0.717, 1.165) is 6.54 Å². The van der Waals surface area contributed by atoms with Crippen LogP contribution in [0.2, 0.25) is 0 Å². The van der Waals surface area contributed by atoms with Crippen molar-refractivity contribution in [2.75, 3.05) is 6.54 Å². The second kappa shape index (κ2) is 7.44. The largest absolute Gasteiger partial charge is 0.354 e. The minimum absolute atomic E-state index is 0.134. The minimum Gasteiger partial charge on any atom is -0.354 e. The van der Waals surface area contributed by atoms with Crippen LogP contribution >= 0.6 is 0 Å². The summed E-state index contributed by atoms with van der Waals surface area (Å²) >= 11 is 0. The SMILES string of the molecule is c1ccc(-c2cccc(-c3ccc([C@]4(c5ccccc5)CN4)c4[nH]c5ccccc5c34)c2)cc1. The summed E-state index contributed by atoms with van der Waals surface area (Å²) in [6.45, 7) is 0.949. The molecule has 5 aromatic carbocycles. The molecule has 2 heterocycles. The second-order valence-electron chi connectivity index (χ2n) is 9.15. The zero-order valence-corrected chi connectivity index (χ0v) is 18.8. The van der Waals surface area contributed by atoms with E-state index in [4.69, 9.17) is 0 Å². The standard InChI is InChI=1S/C32H24N2/c1-3-10-22(11-4-1)23-12-9-13-24(20-23)26-18-19-28(32(21-33-32)25-14-5-2-6-15-25)31-30(26)27-16-7-8-17-29(27)34-31/h1-20,33-34H,21H2/t32-/m1/s1. The first-order valence-corrected chi connectivity index (χ1v) is 11.8. The van der Waals surface area contributed by atoms with Crippen molar-refractivity contribution in [2.24, 2.45) is 0 Å². The molecule has 162 valence electrons. The number of hydrogen-bond donors (Lipinski definition) is 2. The number of rotatable bonds is 4. The van der Waals surface area contributed by atoms with Crippen LogP contribution in [0, 0.1) is 0 Å². The molecule has 1 fully saturated rings. The van der Waals surface area contributed by atoms with Crippen molar-refractivity contribution >= 4 is 21.8 Å². The van der Waals surface area contributed by atoms with E-state index >= 15 is 0 Å². The lowest BCUT2D eigenvalue weighted by Gasteiger charge is -2.18. The number of para-hydroxylation sites is 1. The Morgan fingerprint density at radius 2 is 1.26 bits per heavy atom. The normalized spacial score (nSPS) is 17.3. The zero-order valence-electron chi connectivity index (χ0n) is 18.8. The van der Waals surface area contributed by atoms with Gasteiger partial charge in [0, 0.05) is 28.4 Å². The molecule has 7 rings (SSSR count). The van der Waals surface area contributed by atoms with Crippen molar-refractivity contribution in [3.8, 4) is 22.3 Å². The van der Waals surface area contributed by atoms with Gasteiger partial charge >= 0.3 is 0 Å². The fourth-order valence-electron chi connectivity index (χ4n) is 5.41. The summed E-state index contributed by atoms with van der Waals surface area (Å²) in [4.78, 5) is 3.78. The van der Waals surface area contributed by atoms with E-state index in [2.05, 4.69) is 132 Å². The van der Waals surface area contributed by atoms with Gasteiger partial charge in [-0.3, -0.25) is 0 Å². The first-order chi connectivity index (χ1) is 16.8. The van der Waals surface area contributed by atoms with Crippen molar-refractivity contribution in [3.05, 3.63) is 132 Å². The van der Waals surface area contributed by atoms with Crippen LogP contribution in [-0.2, 0) is 5.54 Å². The van der Waals surface area contributed by atoms with Crippen LogP contribution in [-0.4, -0.2) is 11.5 Å². The van der Waals surface area contributed by atoms with E-state index in [-0.39, 0.29) is 5.54 Å². The third-order valence-electron chi connectivity index (χ3n) is 7.20. The van der Waals surface area contributed by atoms with Gasteiger partial charge in [-0.05, 0) is 39.9 Å². The molecule has 6 aromatic rings. The van der Waals surface area contributed by atoms with Gasteiger partial charge in [-0.2, -0.15) is 0 Å². The first kappa shape index (κ1) is 19.3. The Morgan fingerprint density at radius 1 is 0.588 bits per heavy atom. The van der Waals surface area contributed by atoms with E-state index in [1.165, 1.54) is 55.2 Å². The van der Waals surface area contributed by atoms with Gasteiger partial charge in [0.25, 0.3) is 0 Å². The van der Waals surface area contributed by atoms with Crippen LogP contribution in [0.3, 0.4) is 0 Å². The molecule has 0 saturated carbocycles. The highest BCUT2D eigenvalue weighted by Gasteiger charge is 2.46. The summed E-state index contributed by atoms with van der Waals surface area (Å²) in [6.07, 6.45) is 0. The maximum absolute atomic E-state index is 3.78. The first-order valence-electron chi connectivity index (χ1n) is 11.8. The number of benzene rings is 5. The predicted molar refractivity (Wildman–Crippen MR) is 142 cm³/mol. The molecule has 0 bridgehead atoms. The van der Waals surface area contributed by atoms with E-state index in [9.17, 15) is 0 Å². The Labute approximate surface area is 198 Å². The summed E-state index contributed by atoms with van der Waals surface area (Å²) in [5, 5.41) is 6.25. The van der Waals surface area contributed by atoms with Crippen molar-refractivity contribution in [1.82, 2.24) is 10.3 Å². The van der Waals surface area contributed by atoms with Crippen molar-refractivity contribution in [3.63, 3.8) is 0 Å². The summed E-state index contributed by atoms with van der Waals surface area (Å²) in [5.41, 5.74) is 9.86. The molecular weight excluding hydrogens is 412 g/mol. The molecule has 0 amide bonds. The van der Waals surface area contributed by atoms with E-state index in [1.807, 2.05) is 0 Å². The maximum Gasteiger partial charge on any atom is 0.0838 e. The molecule has 0 aliphatic carbocycles. The van der Waals surface area contributed by atoms with E-state index in [1.54, 1.807) is 0 Å². The van der Waals surface area contributed by atoms with Gasteiger partial charge in [-0.1, -0.05) is 109 Å². The molecule has 1 aliphatic rings. The van der Waals surface area contributed by atoms with Crippen molar-refractivity contribution < 1.29 is 0 Å². The van der Waals surface area contributed by atoms with Crippen molar-refractivity contribution in [1.29, 1.82) is 0 Å². The quantitative estimate of drug-likeness (QED) is 0.276. The Balaban J connectivity index is 1.48. The lowest BCUT2D eigenvalue weighted by molar-refractivity contribution is 0.828. The molecule has 0 radical (unpaired) electrons. The minimum atomic E-state index is -0.134. The molecule has 0 unspecified atom stereocenters. The molecule has 1 atom stereocenters.